The number of aryl methyl sites for hydroxylation is 2. The molecule has 0 aliphatic carbocycles. The third-order valence-electron chi connectivity index (χ3n) is 6.63. The van der Waals surface area contributed by atoms with Crippen molar-refractivity contribution in [2.45, 2.75) is 45.8 Å². The number of imidazole rings is 1. The van der Waals surface area contributed by atoms with Gasteiger partial charge in [0.05, 0.1) is 23.0 Å². The minimum absolute atomic E-state index is 0.00354. The van der Waals surface area contributed by atoms with Crippen molar-refractivity contribution in [3.63, 3.8) is 0 Å². The van der Waals surface area contributed by atoms with E-state index in [9.17, 15) is 14.0 Å². The quantitative estimate of drug-likeness (QED) is 0.429. The summed E-state index contributed by atoms with van der Waals surface area (Å²) in [4.78, 5) is 33.8. The number of pyridine rings is 1. The topological polar surface area (TPSA) is 97.0 Å². The van der Waals surface area contributed by atoms with Gasteiger partial charge in [-0.3, -0.25) is 9.48 Å². The van der Waals surface area contributed by atoms with Crippen LogP contribution in [0, 0.1) is 12.7 Å². The molecule has 10 nitrogen and oxygen atoms in total. The molecule has 5 rings (SSSR count). The van der Waals surface area contributed by atoms with Gasteiger partial charge in [0.2, 0.25) is 0 Å². The summed E-state index contributed by atoms with van der Waals surface area (Å²) in [5, 5.41) is 8.18. The minimum Gasteiger partial charge on any atom is -0.444 e. The fraction of sp³-hybridized carbons (Fsp3) is 0.407. The molecular weight excluding hydrogens is 489 g/mol. The van der Waals surface area contributed by atoms with E-state index in [1.54, 1.807) is 53.5 Å². The molecule has 4 heterocycles. The molecule has 2 amide bonds. The molecule has 1 saturated heterocycles. The number of ether oxygens (including phenoxy) is 1. The molecule has 1 N–H and O–H groups in total. The first-order valence-corrected chi connectivity index (χ1v) is 12.5. The van der Waals surface area contributed by atoms with E-state index >= 15 is 0 Å². The predicted molar refractivity (Wildman–Crippen MR) is 143 cm³/mol. The Bertz CT molecular complexity index is 1550. The van der Waals surface area contributed by atoms with Crippen molar-refractivity contribution in [2.24, 2.45) is 7.05 Å². The Morgan fingerprint density at radius 1 is 1.21 bits per heavy atom. The first-order valence-electron chi connectivity index (χ1n) is 12.5. The molecule has 1 aromatic carbocycles. The summed E-state index contributed by atoms with van der Waals surface area (Å²) >= 11 is 0. The maximum absolute atomic E-state index is 14.5. The highest BCUT2D eigenvalue weighted by Gasteiger charge is 2.32. The van der Waals surface area contributed by atoms with Crippen LogP contribution in [-0.4, -0.2) is 67.8 Å². The highest BCUT2D eigenvalue weighted by Crippen LogP contribution is 2.32. The average molecular weight is 522 g/mol. The van der Waals surface area contributed by atoms with Crippen LogP contribution in [0.4, 0.5) is 20.6 Å². The van der Waals surface area contributed by atoms with Gasteiger partial charge in [-0.15, -0.1) is 0 Å². The molecule has 0 saturated carbocycles. The molecule has 38 heavy (non-hydrogen) atoms. The van der Waals surface area contributed by atoms with Crippen molar-refractivity contribution in [2.75, 3.05) is 30.4 Å². The highest BCUT2D eigenvalue weighted by molar-refractivity contribution is 6.13. The number of benzene rings is 1. The minimum atomic E-state index is -0.558. The van der Waals surface area contributed by atoms with Gasteiger partial charge in [0.25, 0.3) is 5.91 Å². The summed E-state index contributed by atoms with van der Waals surface area (Å²) < 4.78 is 23.3. The number of likely N-dealkylation sites (N-methyl/N-ethyl adjacent to an activating group) is 1. The Labute approximate surface area is 220 Å². The number of nitrogens with one attached hydrogen (secondary N) is 1. The molecular formula is C27H32FN7O3. The predicted octanol–water partition coefficient (Wildman–Crippen LogP) is 4.37. The molecule has 0 bridgehead atoms. The lowest BCUT2D eigenvalue weighted by molar-refractivity contribution is 0.0237. The maximum atomic E-state index is 14.5. The number of amides is 2. The van der Waals surface area contributed by atoms with E-state index in [0.717, 1.165) is 24.0 Å². The van der Waals surface area contributed by atoms with Crippen LogP contribution in [0.15, 0.2) is 36.8 Å². The average Bonchev–Trinajstić information content (AvgIpc) is 3.54. The summed E-state index contributed by atoms with van der Waals surface area (Å²) in [5.41, 5.74) is 2.51. The van der Waals surface area contributed by atoms with Gasteiger partial charge in [-0.1, -0.05) is 0 Å². The molecule has 11 heteroatoms. The van der Waals surface area contributed by atoms with Gasteiger partial charge in [0.1, 0.15) is 11.1 Å². The summed E-state index contributed by atoms with van der Waals surface area (Å²) in [6.45, 7) is 8.71. The first-order chi connectivity index (χ1) is 17.9. The van der Waals surface area contributed by atoms with E-state index < -0.39 is 11.4 Å². The van der Waals surface area contributed by atoms with Gasteiger partial charge >= 0.3 is 6.09 Å². The fourth-order valence-electron chi connectivity index (χ4n) is 4.87. The van der Waals surface area contributed by atoms with Crippen LogP contribution in [0.25, 0.3) is 16.6 Å². The standard InChI is InChI=1S/C27H32FN7O3/c1-16-12-35-13-17(11-21(28)24(35)29-16)30-25(36)19-7-8-22(20-15-32(5)31-23(19)20)34-10-9-18(14-34)33(6)26(37)38-27(2,3)4/h7-8,11-13,15,18H,9-10,14H2,1-6H3,(H,30,36)/t18-/m0/s1. The summed E-state index contributed by atoms with van der Waals surface area (Å²) in [5.74, 6) is -0.908. The number of fused-ring (bicyclic) bond motifs is 2. The second kappa shape index (κ2) is 9.30. The number of anilines is 2. The van der Waals surface area contributed by atoms with E-state index in [4.69, 9.17) is 4.74 Å². The second-order valence-electron chi connectivity index (χ2n) is 10.8. The van der Waals surface area contributed by atoms with Gasteiger partial charge in [0, 0.05) is 62.9 Å². The summed E-state index contributed by atoms with van der Waals surface area (Å²) in [6.07, 6.45) is 5.66. The van der Waals surface area contributed by atoms with Crippen LogP contribution < -0.4 is 10.2 Å². The highest BCUT2D eigenvalue weighted by atomic mass is 19.1. The molecule has 3 aromatic heterocycles. The zero-order valence-corrected chi connectivity index (χ0v) is 22.4. The van der Waals surface area contributed by atoms with Crippen molar-refractivity contribution >= 4 is 39.9 Å². The fourth-order valence-corrected chi connectivity index (χ4v) is 4.87. The second-order valence-corrected chi connectivity index (χ2v) is 10.8. The number of halogens is 1. The lowest BCUT2D eigenvalue weighted by Gasteiger charge is -2.29. The third kappa shape index (κ3) is 4.88. The van der Waals surface area contributed by atoms with Gasteiger partial charge in [-0.05, 0) is 46.2 Å². The van der Waals surface area contributed by atoms with Crippen molar-refractivity contribution < 1.29 is 18.7 Å². The molecule has 0 spiro atoms. The Kier molecular flexibility index (Phi) is 6.24. The lowest BCUT2D eigenvalue weighted by atomic mass is 10.1. The van der Waals surface area contributed by atoms with Crippen molar-refractivity contribution in [3.05, 3.63) is 53.9 Å². The number of aromatic nitrogens is 4. The van der Waals surface area contributed by atoms with Crippen LogP contribution in [0.3, 0.4) is 0 Å². The van der Waals surface area contributed by atoms with E-state index in [2.05, 4.69) is 20.3 Å². The van der Waals surface area contributed by atoms with E-state index in [1.807, 2.05) is 33.0 Å². The maximum Gasteiger partial charge on any atom is 0.410 e. The number of hydrogen-bond acceptors (Lipinski definition) is 6. The van der Waals surface area contributed by atoms with E-state index in [0.29, 0.717) is 29.0 Å². The van der Waals surface area contributed by atoms with Crippen molar-refractivity contribution in [1.29, 1.82) is 0 Å². The van der Waals surface area contributed by atoms with E-state index in [1.165, 1.54) is 6.07 Å². The normalized spacial score (nSPS) is 15.9. The summed E-state index contributed by atoms with van der Waals surface area (Å²) in [6, 6.07) is 4.89. The van der Waals surface area contributed by atoms with Crippen LogP contribution in [0.2, 0.25) is 0 Å². The molecule has 200 valence electrons. The Balaban J connectivity index is 1.38. The van der Waals surface area contributed by atoms with Crippen LogP contribution in [0.1, 0.15) is 43.2 Å². The Morgan fingerprint density at radius 3 is 2.71 bits per heavy atom. The number of rotatable bonds is 4. The Morgan fingerprint density at radius 2 is 1.97 bits per heavy atom. The number of nitrogens with zero attached hydrogens (tertiary/aromatic N) is 6. The van der Waals surface area contributed by atoms with Crippen molar-refractivity contribution in [1.82, 2.24) is 24.1 Å². The molecule has 4 aromatic rings. The van der Waals surface area contributed by atoms with Gasteiger partial charge < -0.3 is 24.3 Å². The Hall–Kier alpha value is -4.15. The third-order valence-corrected chi connectivity index (χ3v) is 6.63. The van der Waals surface area contributed by atoms with Crippen LogP contribution >= 0.6 is 0 Å². The number of carbonyl (C=O) groups is 2. The lowest BCUT2D eigenvalue weighted by Crippen LogP contribution is -2.42. The van der Waals surface area contributed by atoms with Crippen molar-refractivity contribution in [3.8, 4) is 0 Å². The monoisotopic (exact) mass is 521 g/mol. The van der Waals surface area contributed by atoms with Gasteiger partial charge in [-0.25, -0.2) is 14.2 Å². The zero-order valence-electron chi connectivity index (χ0n) is 22.4. The van der Waals surface area contributed by atoms with Gasteiger partial charge in [-0.2, -0.15) is 5.10 Å². The first kappa shape index (κ1) is 25.5. The van der Waals surface area contributed by atoms with Gasteiger partial charge in [0.15, 0.2) is 11.5 Å². The SMILES string of the molecule is Cc1cn2cc(NC(=O)c3ccc(N4CC[C@H](N(C)C(=O)OC(C)(C)C)C4)c4cn(C)nc34)cc(F)c2n1. The molecule has 1 aliphatic rings. The molecule has 1 atom stereocenters. The molecule has 0 radical (unpaired) electrons. The number of carbonyl (C=O) groups excluding carboxylic acids is 2. The molecule has 1 aliphatic heterocycles. The zero-order chi connectivity index (χ0) is 27.4. The molecule has 1 fully saturated rings. The summed E-state index contributed by atoms with van der Waals surface area (Å²) in [7, 11) is 3.57. The largest absolute Gasteiger partial charge is 0.444 e. The van der Waals surface area contributed by atoms with Crippen LogP contribution in [-0.2, 0) is 11.8 Å². The number of hydrogen-bond donors (Lipinski definition) is 1. The van der Waals surface area contributed by atoms with E-state index in [-0.39, 0.29) is 23.7 Å². The van der Waals surface area contributed by atoms with Crippen LogP contribution in [0.5, 0.6) is 0 Å². The smallest absolute Gasteiger partial charge is 0.410 e. The molecule has 0 unspecified atom stereocenters.